The second-order valence-electron chi connectivity index (χ2n) is 4.60. The highest BCUT2D eigenvalue weighted by molar-refractivity contribution is 5.35. The number of halogens is 3. The van der Waals surface area contributed by atoms with Crippen molar-refractivity contribution in [1.29, 1.82) is 0 Å². The molecule has 1 N–H and O–H groups in total. The Balaban J connectivity index is 2.12. The molecule has 0 aliphatic heterocycles. The van der Waals surface area contributed by atoms with Gasteiger partial charge in [0.2, 0.25) is 5.82 Å². The number of rotatable bonds is 6. The Kier molecular flexibility index (Phi) is 5.22. The summed E-state index contributed by atoms with van der Waals surface area (Å²) in [6, 6.07) is 7.92. The maximum absolute atomic E-state index is 13.9. The zero-order valence-corrected chi connectivity index (χ0v) is 11.6. The smallest absolute Gasteiger partial charge is 0.201 e. The van der Waals surface area contributed by atoms with E-state index in [-0.39, 0.29) is 11.5 Å². The van der Waals surface area contributed by atoms with Gasteiger partial charge in [-0.2, -0.15) is 4.39 Å². The molecule has 0 amide bonds. The Hall–Kier alpha value is -2.01. The van der Waals surface area contributed by atoms with Crippen molar-refractivity contribution < 1.29 is 17.9 Å². The van der Waals surface area contributed by atoms with Gasteiger partial charge in [-0.1, -0.05) is 19.1 Å². The van der Waals surface area contributed by atoms with Crippen molar-refractivity contribution in [2.45, 2.75) is 19.9 Å². The van der Waals surface area contributed by atoms with E-state index in [1.54, 1.807) is 6.07 Å². The van der Waals surface area contributed by atoms with Crippen molar-refractivity contribution in [3.05, 3.63) is 59.4 Å². The van der Waals surface area contributed by atoms with Crippen molar-refractivity contribution in [3.8, 4) is 11.5 Å². The van der Waals surface area contributed by atoms with Gasteiger partial charge in [-0.3, -0.25) is 0 Å². The predicted molar refractivity (Wildman–Crippen MR) is 74.8 cm³/mol. The Morgan fingerprint density at radius 2 is 1.81 bits per heavy atom. The third-order valence-electron chi connectivity index (χ3n) is 2.89. The molecule has 0 atom stereocenters. The van der Waals surface area contributed by atoms with E-state index in [2.05, 4.69) is 5.32 Å². The van der Waals surface area contributed by atoms with E-state index in [1.807, 2.05) is 6.92 Å². The van der Waals surface area contributed by atoms with Gasteiger partial charge in [-0.15, -0.1) is 0 Å². The predicted octanol–water partition coefficient (Wildman–Crippen LogP) is 4.40. The fourth-order valence-corrected chi connectivity index (χ4v) is 1.83. The number of nitrogens with one attached hydrogen (secondary N) is 1. The molecule has 2 aromatic carbocycles. The molecule has 0 aromatic heterocycles. The van der Waals surface area contributed by atoms with E-state index in [1.165, 1.54) is 24.3 Å². The minimum atomic E-state index is -1.13. The highest BCUT2D eigenvalue weighted by atomic mass is 19.2. The van der Waals surface area contributed by atoms with Crippen LogP contribution in [0.2, 0.25) is 0 Å². The molecular formula is C16H16F3NO. The van der Waals surface area contributed by atoms with Crippen LogP contribution in [0.25, 0.3) is 0 Å². The molecule has 0 saturated carbocycles. The van der Waals surface area contributed by atoms with Crippen LogP contribution >= 0.6 is 0 Å². The van der Waals surface area contributed by atoms with Crippen molar-refractivity contribution in [2.24, 2.45) is 0 Å². The van der Waals surface area contributed by atoms with Crippen LogP contribution in [0.1, 0.15) is 18.9 Å². The van der Waals surface area contributed by atoms with Crippen LogP contribution in [0.5, 0.6) is 11.5 Å². The summed E-state index contributed by atoms with van der Waals surface area (Å²) in [5.74, 6) is -3.27. The molecule has 0 fully saturated rings. The Morgan fingerprint density at radius 1 is 1.00 bits per heavy atom. The van der Waals surface area contributed by atoms with E-state index in [0.717, 1.165) is 24.6 Å². The second-order valence-corrected chi connectivity index (χ2v) is 4.60. The molecule has 0 bridgehead atoms. The lowest BCUT2D eigenvalue weighted by Crippen LogP contribution is -2.13. The molecule has 0 heterocycles. The number of hydrogen-bond acceptors (Lipinski definition) is 2. The van der Waals surface area contributed by atoms with Crippen molar-refractivity contribution >= 4 is 0 Å². The van der Waals surface area contributed by atoms with Crippen LogP contribution in [0.4, 0.5) is 13.2 Å². The number of hydrogen-bond donors (Lipinski definition) is 1. The van der Waals surface area contributed by atoms with Gasteiger partial charge in [0, 0.05) is 6.54 Å². The molecule has 2 rings (SSSR count). The van der Waals surface area contributed by atoms with Gasteiger partial charge in [0.1, 0.15) is 0 Å². The summed E-state index contributed by atoms with van der Waals surface area (Å²) in [4.78, 5) is 0. The lowest BCUT2D eigenvalue weighted by atomic mass is 10.2. The lowest BCUT2D eigenvalue weighted by Gasteiger charge is -2.10. The summed E-state index contributed by atoms with van der Waals surface area (Å²) in [5, 5.41) is 3.15. The van der Waals surface area contributed by atoms with E-state index < -0.39 is 17.5 Å². The minimum absolute atomic E-state index is 0.140. The first kappa shape index (κ1) is 15.4. The summed E-state index contributed by atoms with van der Waals surface area (Å²) >= 11 is 0. The third-order valence-corrected chi connectivity index (χ3v) is 2.89. The van der Waals surface area contributed by atoms with E-state index >= 15 is 0 Å². The monoisotopic (exact) mass is 295 g/mol. The first-order chi connectivity index (χ1) is 10.1. The van der Waals surface area contributed by atoms with E-state index in [9.17, 15) is 13.2 Å². The minimum Gasteiger partial charge on any atom is -0.451 e. The van der Waals surface area contributed by atoms with Crippen molar-refractivity contribution in [3.63, 3.8) is 0 Å². The van der Waals surface area contributed by atoms with Gasteiger partial charge >= 0.3 is 0 Å². The molecular weight excluding hydrogens is 279 g/mol. The van der Waals surface area contributed by atoms with Gasteiger partial charge in [0.15, 0.2) is 23.1 Å². The normalized spacial score (nSPS) is 10.7. The molecule has 2 aromatic rings. The molecule has 5 heteroatoms. The fraction of sp³-hybridized carbons (Fsp3) is 0.250. The van der Waals surface area contributed by atoms with Gasteiger partial charge in [0.05, 0.1) is 0 Å². The van der Waals surface area contributed by atoms with Crippen LogP contribution in [0, 0.1) is 17.5 Å². The summed E-state index contributed by atoms with van der Waals surface area (Å²) in [6.45, 7) is 3.42. The lowest BCUT2D eigenvalue weighted by molar-refractivity contribution is 0.396. The molecule has 0 unspecified atom stereocenters. The van der Waals surface area contributed by atoms with Crippen molar-refractivity contribution in [1.82, 2.24) is 5.32 Å². The van der Waals surface area contributed by atoms with Gasteiger partial charge in [0.25, 0.3) is 0 Å². The van der Waals surface area contributed by atoms with Crippen molar-refractivity contribution in [2.75, 3.05) is 6.54 Å². The average molecular weight is 295 g/mol. The summed E-state index contributed by atoms with van der Waals surface area (Å²) < 4.78 is 45.5. The molecule has 0 saturated heterocycles. The number of benzene rings is 2. The quantitative estimate of drug-likeness (QED) is 0.798. The first-order valence-corrected chi connectivity index (χ1v) is 6.73. The van der Waals surface area contributed by atoms with Gasteiger partial charge < -0.3 is 10.1 Å². The van der Waals surface area contributed by atoms with E-state index in [0.29, 0.717) is 6.54 Å². The molecule has 0 spiro atoms. The van der Waals surface area contributed by atoms with Crippen LogP contribution in [0.15, 0.2) is 36.4 Å². The fourth-order valence-electron chi connectivity index (χ4n) is 1.83. The SMILES string of the molecule is CCCNCc1ccc(Oc2cccc(F)c2F)c(F)c1. The molecule has 2 nitrogen and oxygen atoms in total. The molecule has 0 aliphatic carbocycles. The zero-order valence-electron chi connectivity index (χ0n) is 11.6. The molecule has 112 valence electrons. The second kappa shape index (κ2) is 7.13. The summed E-state index contributed by atoms with van der Waals surface area (Å²) in [6.07, 6.45) is 0.989. The van der Waals surface area contributed by atoms with Crippen LogP contribution in [-0.4, -0.2) is 6.54 Å². The summed E-state index contributed by atoms with van der Waals surface area (Å²) in [7, 11) is 0. The highest BCUT2D eigenvalue weighted by Crippen LogP contribution is 2.28. The summed E-state index contributed by atoms with van der Waals surface area (Å²) in [5.41, 5.74) is 0.757. The maximum atomic E-state index is 13.9. The van der Waals surface area contributed by atoms with E-state index in [4.69, 9.17) is 4.74 Å². The maximum Gasteiger partial charge on any atom is 0.201 e. The van der Waals surface area contributed by atoms with Gasteiger partial charge in [-0.05, 0) is 42.8 Å². The third kappa shape index (κ3) is 3.98. The standard InChI is InChI=1S/C16H16F3NO/c1-2-8-20-10-11-6-7-14(13(18)9-11)21-15-5-3-4-12(17)16(15)19/h3-7,9,20H,2,8,10H2,1H3. The Labute approximate surface area is 121 Å². The van der Waals surface area contributed by atoms with Crippen LogP contribution < -0.4 is 10.1 Å². The Bertz CT molecular complexity index is 616. The molecule has 0 radical (unpaired) electrons. The molecule has 21 heavy (non-hydrogen) atoms. The topological polar surface area (TPSA) is 21.3 Å². The molecule has 0 aliphatic rings. The zero-order chi connectivity index (χ0) is 15.2. The highest BCUT2D eigenvalue weighted by Gasteiger charge is 2.12. The Morgan fingerprint density at radius 3 is 2.52 bits per heavy atom. The average Bonchev–Trinajstić information content (AvgIpc) is 2.47. The van der Waals surface area contributed by atoms with Crippen LogP contribution in [0.3, 0.4) is 0 Å². The number of ether oxygens (including phenoxy) is 1. The largest absolute Gasteiger partial charge is 0.451 e. The first-order valence-electron chi connectivity index (χ1n) is 6.73. The van der Waals surface area contributed by atoms with Crippen LogP contribution in [-0.2, 0) is 6.54 Å². The van der Waals surface area contributed by atoms with Gasteiger partial charge in [-0.25, -0.2) is 8.78 Å².